The standard InChI is InChI=1S/C69H124N14O12/c1-13-55(79-44-16-25-64(79)90)47-52(4)67(93)76(38-19-32-70-58(84)28-30-60(86)72-34-21-40-77(42-23-36-74-62(88)50-82(7,8)9)68(94)53(5)48-56(14-2)80-45-17-26-65(80)91)39-20-33-71-59(85)29-31-61(87)73-35-22-41-78(43-24-37-75-63(89)51-83(10,11)12)69(95)54(6)49-57(15-3)81-46-18-27-66(81)92/h52-57H,13-51H2,1-12H3,(H4-2,70,71,72,73,74,75,84,85,86,87,88,89)/p+2. The van der Waals surface area contributed by atoms with Gasteiger partial charge >= 0.3 is 0 Å². The van der Waals surface area contributed by atoms with E-state index in [2.05, 4.69) is 31.9 Å². The highest BCUT2D eigenvalue weighted by Crippen LogP contribution is 2.26. The van der Waals surface area contributed by atoms with Crippen molar-refractivity contribution in [3.63, 3.8) is 0 Å². The fourth-order valence-electron chi connectivity index (χ4n) is 12.9. The highest BCUT2D eigenvalue weighted by atomic mass is 16.2. The first-order valence-corrected chi connectivity index (χ1v) is 35.9. The van der Waals surface area contributed by atoms with Gasteiger partial charge in [0.2, 0.25) is 59.1 Å². The van der Waals surface area contributed by atoms with Gasteiger partial charge in [-0.25, -0.2) is 0 Å². The maximum absolute atomic E-state index is 14.1. The molecule has 542 valence electrons. The van der Waals surface area contributed by atoms with E-state index < -0.39 is 5.92 Å². The van der Waals surface area contributed by atoms with Crippen LogP contribution in [0.3, 0.4) is 0 Å². The molecule has 3 aliphatic heterocycles. The molecule has 6 unspecified atom stereocenters. The SMILES string of the molecule is CCC(CC(C)C(=O)N(CCCNC(=O)CCC(=O)NCCCN(CCCNC(=O)C[N+](C)(C)C)C(=O)C(C)CC(CC)N1CCCC1=O)CCCNC(=O)CCC(=O)NCCCN(CCCNC(=O)C[N+](C)(C)C)C(=O)C(C)CC(CC)N1CCCC1=O)N1CCCC1=O. The molecular weight excluding hydrogens is 1220 g/mol. The summed E-state index contributed by atoms with van der Waals surface area (Å²) in [5, 5.41) is 17.4. The fraction of sp³-hybridized carbons (Fsp3) is 0.826. The zero-order chi connectivity index (χ0) is 70.7. The van der Waals surface area contributed by atoms with E-state index in [1.807, 2.05) is 98.5 Å². The molecule has 0 aromatic carbocycles. The van der Waals surface area contributed by atoms with Crippen LogP contribution in [0.4, 0.5) is 0 Å². The highest BCUT2D eigenvalue weighted by molar-refractivity contribution is 5.85. The quantitative estimate of drug-likeness (QED) is 0.0379. The molecule has 3 aliphatic rings. The van der Waals surface area contributed by atoms with Crippen LogP contribution in [0, 0.1) is 17.8 Å². The van der Waals surface area contributed by atoms with Gasteiger partial charge in [0.15, 0.2) is 13.1 Å². The number of nitrogens with one attached hydrogen (secondary N) is 6. The van der Waals surface area contributed by atoms with Crippen LogP contribution >= 0.6 is 0 Å². The Morgan fingerprint density at radius 1 is 0.368 bits per heavy atom. The van der Waals surface area contributed by atoms with Crippen LogP contribution in [0.15, 0.2) is 0 Å². The highest BCUT2D eigenvalue weighted by Gasteiger charge is 2.34. The maximum atomic E-state index is 14.1. The van der Waals surface area contributed by atoms with Crippen LogP contribution in [0.25, 0.3) is 0 Å². The molecule has 0 radical (unpaired) electrons. The third-order valence-corrected chi connectivity index (χ3v) is 18.1. The van der Waals surface area contributed by atoms with Crippen molar-refractivity contribution in [3.05, 3.63) is 0 Å². The van der Waals surface area contributed by atoms with E-state index in [1.165, 1.54) is 0 Å². The summed E-state index contributed by atoms with van der Waals surface area (Å²) in [6.07, 6.45) is 10.6. The van der Waals surface area contributed by atoms with Crippen molar-refractivity contribution in [3.8, 4) is 0 Å². The Kier molecular flexibility index (Phi) is 38.1. The predicted octanol–water partition coefficient (Wildman–Crippen LogP) is 2.76. The van der Waals surface area contributed by atoms with Crippen LogP contribution in [0.2, 0.25) is 0 Å². The lowest BCUT2D eigenvalue weighted by Gasteiger charge is -2.31. The minimum Gasteiger partial charge on any atom is -0.356 e. The van der Waals surface area contributed by atoms with E-state index in [0.717, 1.165) is 32.1 Å². The fourth-order valence-corrected chi connectivity index (χ4v) is 12.9. The summed E-state index contributed by atoms with van der Waals surface area (Å²) in [6.45, 7) is 18.6. The van der Waals surface area contributed by atoms with Gasteiger partial charge in [0, 0.05) is 179 Å². The molecule has 0 aliphatic carbocycles. The number of rotatable bonds is 49. The first-order valence-electron chi connectivity index (χ1n) is 35.9. The van der Waals surface area contributed by atoms with E-state index >= 15 is 0 Å². The summed E-state index contributed by atoms with van der Waals surface area (Å²) >= 11 is 0. The summed E-state index contributed by atoms with van der Waals surface area (Å²) in [5.41, 5.74) is 0. The summed E-state index contributed by atoms with van der Waals surface area (Å²) in [4.78, 5) is 168. The van der Waals surface area contributed by atoms with Gasteiger partial charge < -0.3 is 70.3 Å². The average molecular weight is 1340 g/mol. The summed E-state index contributed by atoms with van der Waals surface area (Å²) in [7, 11) is 11.6. The Morgan fingerprint density at radius 3 is 0.758 bits per heavy atom. The molecule has 3 rings (SSSR count). The van der Waals surface area contributed by atoms with Gasteiger partial charge in [-0.15, -0.1) is 0 Å². The van der Waals surface area contributed by atoms with Crippen molar-refractivity contribution in [1.82, 2.24) is 61.3 Å². The number of carbonyl (C=O) groups excluding carboxylic acids is 12. The van der Waals surface area contributed by atoms with Gasteiger partial charge in [-0.05, 0) is 96.3 Å². The Balaban J connectivity index is 1.48. The number of carbonyl (C=O) groups is 12. The summed E-state index contributed by atoms with van der Waals surface area (Å²) in [5.74, 6) is -2.26. The van der Waals surface area contributed by atoms with Gasteiger partial charge in [0.25, 0.3) is 11.8 Å². The molecule has 26 heteroatoms. The molecule has 0 aromatic heterocycles. The van der Waals surface area contributed by atoms with Gasteiger partial charge in [-0.3, -0.25) is 57.5 Å². The van der Waals surface area contributed by atoms with Gasteiger partial charge in [0.05, 0.1) is 42.3 Å². The molecule has 3 fully saturated rings. The predicted molar refractivity (Wildman–Crippen MR) is 366 cm³/mol. The maximum Gasteiger partial charge on any atom is 0.275 e. The summed E-state index contributed by atoms with van der Waals surface area (Å²) in [6, 6.07) is -0.111. The van der Waals surface area contributed by atoms with Crippen LogP contribution in [0.1, 0.15) is 183 Å². The first kappa shape index (κ1) is 82.8. The first-order chi connectivity index (χ1) is 45.0. The second-order valence-electron chi connectivity index (χ2n) is 28.8. The number of hydrogen-bond acceptors (Lipinski definition) is 12. The number of nitrogens with zero attached hydrogens (tertiary/aromatic N) is 8. The van der Waals surface area contributed by atoms with Gasteiger partial charge in [0.1, 0.15) is 0 Å². The molecule has 0 spiro atoms. The van der Waals surface area contributed by atoms with Crippen LogP contribution in [-0.4, -0.2) is 281 Å². The molecule has 95 heavy (non-hydrogen) atoms. The number of hydrogen-bond donors (Lipinski definition) is 6. The molecule has 3 heterocycles. The molecule has 3 saturated heterocycles. The van der Waals surface area contributed by atoms with E-state index in [9.17, 15) is 57.5 Å². The smallest absolute Gasteiger partial charge is 0.275 e. The zero-order valence-electron chi connectivity index (χ0n) is 60.5. The third-order valence-electron chi connectivity index (χ3n) is 18.1. The van der Waals surface area contributed by atoms with E-state index in [4.69, 9.17) is 0 Å². The minimum absolute atomic E-state index is 0.0206. The second kappa shape index (κ2) is 43.7. The lowest BCUT2D eigenvalue weighted by atomic mass is 9.97. The Hall–Kier alpha value is -6.44. The monoisotopic (exact) mass is 1340 g/mol. The number of likely N-dealkylation sites (N-methyl/N-ethyl adjacent to an activating group) is 2. The molecule has 0 saturated carbocycles. The van der Waals surface area contributed by atoms with Crippen LogP contribution in [-0.2, 0) is 57.5 Å². The second-order valence-corrected chi connectivity index (χ2v) is 28.8. The van der Waals surface area contributed by atoms with Gasteiger partial charge in [-0.2, -0.15) is 0 Å². The lowest BCUT2D eigenvalue weighted by molar-refractivity contribution is -0.862. The normalized spacial score (nSPS) is 16.2. The van der Waals surface area contributed by atoms with Crippen molar-refractivity contribution < 1.29 is 66.5 Å². The number of likely N-dealkylation sites (tertiary alicyclic amines) is 3. The molecule has 0 bridgehead atoms. The van der Waals surface area contributed by atoms with E-state index in [-0.39, 0.29) is 153 Å². The van der Waals surface area contributed by atoms with Crippen LogP contribution in [0.5, 0.6) is 0 Å². The van der Waals surface area contributed by atoms with Crippen molar-refractivity contribution in [2.45, 2.75) is 201 Å². The van der Waals surface area contributed by atoms with Crippen molar-refractivity contribution in [2.75, 3.05) is 154 Å². The Bertz CT molecular complexity index is 2330. The number of quaternary nitrogens is 2. The van der Waals surface area contributed by atoms with Crippen molar-refractivity contribution in [1.29, 1.82) is 0 Å². The molecule has 6 N–H and O–H groups in total. The van der Waals surface area contributed by atoms with E-state index in [0.29, 0.717) is 178 Å². The molecule has 12 amide bonds. The average Bonchev–Trinajstić information content (AvgIpc) is 1.84. The lowest BCUT2D eigenvalue weighted by Crippen LogP contribution is -2.45. The van der Waals surface area contributed by atoms with Crippen LogP contribution < -0.4 is 31.9 Å². The number of amides is 12. The Morgan fingerprint density at radius 2 is 0.579 bits per heavy atom. The largest absolute Gasteiger partial charge is 0.356 e. The van der Waals surface area contributed by atoms with E-state index in [1.54, 1.807) is 14.7 Å². The van der Waals surface area contributed by atoms with Crippen molar-refractivity contribution in [2.24, 2.45) is 17.8 Å². The zero-order valence-corrected chi connectivity index (χ0v) is 60.5. The molecule has 26 nitrogen and oxygen atoms in total. The topological polar surface area (TPSA) is 296 Å². The van der Waals surface area contributed by atoms with Gasteiger partial charge in [-0.1, -0.05) is 41.5 Å². The summed E-state index contributed by atoms with van der Waals surface area (Å²) < 4.78 is 0.985. The molecule has 6 atom stereocenters. The van der Waals surface area contributed by atoms with Crippen molar-refractivity contribution >= 4 is 70.9 Å². The molecule has 0 aromatic rings. The molecular formula is C69H126N14O12+2. The Labute approximate surface area is 568 Å². The minimum atomic E-state index is -0.402. The third kappa shape index (κ3) is 32.9.